The van der Waals surface area contributed by atoms with Gasteiger partial charge in [-0.2, -0.15) is 0 Å². The van der Waals surface area contributed by atoms with Gasteiger partial charge in [-0.3, -0.25) is 9.59 Å². The van der Waals surface area contributed by atoms with Crippen molar-refractivity contribution in [3.8, 4) is 0 Å². The fourth-order valence-corrected chi connectivity index (χ4v) is 3.65. The Morgan fingerprint density at radius 2 is 1.67 bits per heavy atom. The smallest absolute Gasteiger partial charge is 0.251 e. The molecule has 2 aliphatic rings. The van der Waals surface area contributed by atoms with Crippen LogP contribution < -0.4 is 5.32 Å². The number of hydrogen-bond donors (Lipinski definition) is 1. The van der Waals surface area contributed by atoms with Gasteiger partial charge in [-0.05, 0) is 25.3 Å². The summed E-state index contributed by atoms with van der Waals surface area (Å²) >= 11 is 0. The van der Waals surface area contributed by atoms with Crippen LogP contribution in [0.1, 0.15) is 44.6 Å². The molecule has 21 heavy (non-hydrogen) atoms. The third-order valence-corrected chi connectivity index (χ3v) is 5.22. The van der Waals surface area contributed by atoms with Gasteiger partial charge in [0, 0.05) is 7.05 Å². The second-order valence-corrected chi connectivity index (χ2v) is 6.40. The molecule has 1 N–H and O–H groups in total. The molecule has 1 aliphatic heterocycles. The van der Waals surface area contributed by atoms with E-state index in [4.69, 9.17) is 0 Å². The van der Waals surface area contributed by atoms with Crippen molar-refractivity contribution in [2.45, 2.75) is 50.1 Å². The van der Waals surface area contributed by atoms with Crippen LogP contribution >= 0.6 is 0 Å². The summed E-state index contributed by atoms with van der Waals surface area (Å²) in [6, 6.07) is 9.52. The molecule has 1 aliphatic carbocycles. The number of nitrogens with zero attached hydrogens (tertiary/aromatic N) is 1. The molecular formula is C17H22N2O2. The second kappa shape index (κ2) is 4.86. The van der Waals surface area contributed by atoms with E-state index in [1.165, 1.54) is 0 Å². The van der Waals surface area contributed by atoms with Crippen molar-refractivity contribution in [2.24, 2.45) is 0 Å². The van der Waals surface area contributed by atoms with Gasteiger partial charge < -0.3 is 10.2 Å². The predicted octanol–water partition coefficient (Wildman–Crippen LogP) is 2.19. The van der Waals surface area contributed by atoms with E-state index in [0.717, 1.165) is 37.7 Å². The van der Waals surface area contributed by atoms with Crippen LogP contribution in [0.25, 0.3) is 0 Å². The van der Waals surface area contributed by atoms with E-state index in [2.05, 4.69) is 5.32 Å². The Labute approximate surface area is 125 Å². The first-order chi connectivity index (χ1) is 10.0. The molecule has 1 atom stereocenters. The molecular weight excluding hydrogens is 264 g/mol. The zero-order valence-electron chi connectivity index (χ0n) is 12.7. The summed E-state index contributed by atoms with van der Waals surface area (Å²) < 4.78 is 0. The maximum atomic E-state index is 12.9. The Morgan fingerprint density at radius 3 is 2.29 bits per heavy atom. The summed E-state index contributed by atoms with van der Waals surface area (Å²) in [6.45, 7) is 1.82. The first kappa shape index (κ1) is 14.1. The number of carbonyl (C=O) groups excluding carboxylic acids is 2. The summed E-state index contributed by atoms with van der Waals surface area (Å²) in [7, 11) is 1.75. The Kier molecular flexibility index (Phi) is 3.27. The number of carbonyl (C=O) groups is 2. The maximum absolute atomic E-state index is 12.9. The zero-order valence-corrected chi connectivity index (χ0v) is 12.7. The lowest BCUT2D eigenvalue weighted by Crippen LogP contribution is -2.73. The van der Waals surface area contributed by atoms with Crippen molar-refractivity contribution in [3.63, 3.8) is 0 Å². The summed E-state index contributed by atoms with van der Waals surface area (Å²) in [5.74, 6) is -0.0224. The van der Waals surface area contributed by atoms with Crippen LogP contribution in [-0.4, -0.2) is 29.3 Å². The number of piperazine rings is 1. The van der Waals surface area contributed by atoms with E-state index in [-0.39, 0.29) is 11.8 Å². The first-order valence-corrected chi connectivity index (χ1v) is 7.67. The van der Waals surface area contributed by atoms with Crippen molar-refractivity contribution in [1.29, 1.82) is 0 Å². The monoisotopic (exact) mass is 286 g/mol. The van der Waals surface area contributed by atoms with Crippen molar-refractivity contribution in [1.82, 2.24) is 10.2 Å². The van der Waals surface area contributed by atoms with Gasteiger partial charge in [0.05, 0.1) is 0 Å². The quantitative estimate of drug-likeness (QED) is 0.860. The average molecular weight is 286 g/mol. The molecule has 2 amide bonds. The molecule has 1 heterocycles. The lowest BCUT2D eigenvalue weighted by atomic mass is 9.75. The molecule has 4 nitrogen and oxygen atoms in total. The number of nitrogens with one attached hydrogen (secondary N) is 1. The van der Waals surface area contributed by atoms with Crippen molar-refractivity contribution < 1.29 is 9.59 Å². The Morgan fingerprint density at radius 1 is 1.05 bits per heavy atom. The van der Waals surface area contributed by atoms with Gasteiger partial charge in [-0.15, -0.1) is 0 Å². The van der Waals surface area contributed by atoms with E-state index >= 15 is 0 Å². The summed E-state index contributed by atoms with van der Waals surface area (Å²) in [5, 5.41) is 3.07. The first-order valence-electron chi connectivity index (χ1n) is 7.67. The molecule has 4 heteroatoms. The highest BCUT2D eigenvalue weighted by atomic mass is 16.2. The number of hydrogen-bond acceptors (Lipinski definition) is 2. The van der Waals surface area contributed by atoms with Crippen molar-refractivity contribution in [3.05, 3.63) is 35.9 Å². The Balaban J connectivity index is 2.00. The highest BCUT2D eigenvalue weighted by Crippen LogP contribution is 2.39. The number of amides is 2. The molecule has 2 fully saturated rings. The SMILES string of the molecule is CN1C(=O)C2(CCCCC2)NC(=O)C1(C)c1ccccc1. The fourth-order valence-electron chi connectivity index (χ4n) is 3.65. The molecule has 1 spiro atoms. The van der Waals surface area contributed by atoms with Crippen molar-refractivity contribution in [2.75, 3.05) is 7.05 Å². The van der Waals surface area contributed by atoms with E-state index in [1.807, 2.05) is 37.3 Å². The molecule has 112 valence electrons. The highest BCUT2D eigenvalue weighted by Gasteiger charge is 2.55. The summed E-state index contributed by atoms with van der Waals surface area (Å²) in [6.07, 6.45) is 4.66. The van der Waals surface area contributed by atoms with Gasteiger partial charge in [-0.25, -0.2) is 0 Å². The van der Waals surface area contributed by atoms with Gasteiger partial charge in [0.1, 0.15) is 11.1 Å². The topological polar surface area (TPSA) is 49.4 Å². The molecule has 1 aromatic rings. The van der Waals surface area contributed by atoms with Gasteiger partial charge in [0.25, 0.3) is 5.91 Å². The van der Waals surface area contributed by atoms with E-state index in [0.29, 0.717) is 0 Å². The van der Waals surface area contributed by atoms with E-state index in [9.17, 15) is 9.59 Å². The minimum absolute atomic E-state index is 0.0492. The normalized spacial score (nSPS) is 28.6. The maximum Gasteiger partial charge on any atom is 0.251 e. The minimum Gasteiger partial charge on any atom is -0.339 e. The number of benzene rings is 1. The lowest BCUT2D eigenvalue weighted by Gasteiger charge is -2.51. The minimum atomic E-state index is -0.930. The van der Waals surface area contributed by atoms with Crippen LogP contribution in [0.15, 0.2) is 30.3 Å². The van der Waals surface area contributed by atoms with Crippen LogP contribution in [0.2, 0.25) is 0 Å². The molecule has 1 saturated carbocycles. The summed E-state index contributed by atoms with van der Waals surface area (Å²) in [4.78, 5) is 27.4. The lowest BCUT2D eigenvalue weighted by molar-refractivity contribution is -0.162. The molecule has 1 unspecified atom stereocenters. The number of rotatable bonds is 1. The van der Waals surface area contributed by atoms with Crippen LogP contribution in [0.5, 0.6) is 0 Å². The van der Waals surface area contributed by atoms with Crippen LogP contribution in [0, 0.1) is 0 Å². The fraction of sp³-hybridized carbons (Fsp3) is 0.529. The van der Waals surface area contributed by atoms with E-state index in [1.54, 1.807) is 11.9 Å². The average Bonchev–Trinajstić information content (AvgIpc) is 2.53. The highest BCUT2D eigenvalue weighted by molar-refractivity contribution is 6.02. The molecule has 0 aromatic heterocycles. The molecule has 3 rings (SSSR count). The standard InChI is InChI=1S/C17H22N2O2/c1-16(13-9-5-3-6-10-13)14(20)18-17(15(21)19(16)2)11-7-4-8-12-17/h3,5-6,9-10H,4,7-8,11-12H2,1-2H3,(H,18,20). The van der Waals surface area contributed by atoms with Crippen molar-refractivity contribution >= 4 is 11.8 Å². The molecule has 1 aromatic carbocycles. The second-order valence-electron chi connectivity index (χ2n) is 6.40. The summed E-state index contributed by atoms with van der Waals surface area (Å²) in [5.41, 5.74) is -0.747. The third-order valence-electron chi connectivity index (χ3n) is 5.22. The van der Waals surface area contributed by atoms with Crippen LogP contribution in [0.3, 0.4) is 0 Å². The third kappa shape index (κ3) is 1.96. The van der Waals surface area contributed by atoms with Gasteiger partial charge in [-0.1, -0.05) is 49.6 Å². The Hall–Kier alpha value is -1.84. The van der Waals surface area contributed by atoms with Gasteiger partial charge >= 0.3 is 0 Å². The van der Waals surface area contributed by atoms with Crippen LogP contribution in [0.4, 0.5) is 0 Å². The predicted molar refractivity (Wildman–Crippen MR) is 80.5 cm³/mol. The van der Waals surface area contributed by atoms with Gasteiger partial charge in [0.2, 0.25) is 5.91 Å². The number of likely N-dealkylation sites (N-methyl/N-ethyl adjacent to an activating group) is 1. The van der Waals surface area contributed by atoms with Crippen LogP contribution in [-0.2, 0) is 15.1 Å². The largest absolute Gasteiger partial charge is 0.339 e. The molecule has 1 saturated heterocycles. The molecule has 0 bridgehead atoms. The zero-order chi connectivity index (χ0) is 15.1. The van der Waals surface area contributed by atoms with E-state index < -0.39 is 11.1 Å². The Bertz CT molecular complexity index is 563. The van der Waals surface area contributed by atoms with Gasteiger partial charge in [0.15, 0.2) is 0 Å². The molecule has 0 radical (unpaired) electrons.